The lowest BCUT2D eigenvalue weighted by Crippen LogP contribution is -2.28. The van der Waals surface area contributed by atoms with Gasteiger partial charge in [0.25, 0.3) is 0 Å². The highest BCUT2D eigenvalue weighted by atomic mass is 16.5. The molecule has 124 valence electrons. The van der Waals surface area contributed by atoms with Crippen molar-refractivity contribution in [2.24, 2.45) is 11.8 Å². The molecule has 0 saturated heterocycles. The van der Waals surface area contributed by atoms with E-state index >= 15 is 0 Å². The minimum absolute atomic E-state index is 0.0828. The molecule has 0 fully saturated rings. The second kappa shape index (κ2) is 9.50. The molecule has 0 heterocycles. The molecule has 0 aromatic heterocycles. The molecular formula is C19H30O3. The van der Waals surface area contributed by atoms with Crippen molar-refractivity contribution in [3.05, 3.63) is 29.8 Å². The van der Waals surface area contributed by atoms with Crippen molar-refractivity contribution in [2.45, 2.75) is 52.9 Å². The van der Waals surface area contributed by atoms with Gasteiger partial charge >= 0.3 is 5.97 Å². The first-order valence-corrected chi connectivity index (χ1v) is 8.36. The predicted molar refractivity (Wildman–Crippen MR) is 90.2 cm³/mol. The molecule has 0 aliphatic heterocycles. The number of carbonyl (C=O) groups excluding carboxylic acids is 1. The lowest BCUT2D eigenvalue weighted by molar-refractivity contribution is -0.149. The van der Waals surface area contributed by atoms with Gasteiger partial charge in [-0.2, -0.15) is 0 Å². The predicted octanol–water partition coefficient (Wildman–Crippen LogP) is 4.80. The van der Waals surface area contributed by atoms with E-state index in [-0.39, 0.29) is 17.8 Å². The fourth-order valence-electron chi connectivity index (χ4n) is 3.10. The summed E-state index contributed by atoms with van der Waals surface area (Å²) in [7, 11) is 1.68. The number of rotatable bonds is 9. The summed E-state index contributed by atoms with van der Waals surface area (Å²) in [5.41, 5.74) is 1.11. The number of para-hydroxylation sites is 1. The summed E-state index contributed by atoms with van der Waals surface area (Å²) in [6.45, 7) is 8.76. The number of carbonyl (C=O) groups is 1. The number of methoxy groups -OCH3 is 1. The van der Waals surface area contributed by atoms with Crippen LogP contribution in [0.3, 0.4) is 0 Å². The highest BCUT2D eigenvalue weighted by Gasteiger charge is 2.34. The van der Waals surface area contributed by atoms with Crippen LogP contribution in [0.1, 0.15) is 58.4 Å². The maximum atomic E-state index is 12.5. The summed E-state index contributed by atoms with van der Waals surface area (Å²) in [5.74, 6) is 1.10. The summed E-state index contributed by atoms with van der Waals surface area (Å²) in [6, 6.07) is 8.01. The molecule has 3 nitrogen and oxygen atoms in total. The zero-order valence-electron chi connectivity index (χ0n) is 14.6. The van der Waals surface area contributed by atoms with E-state index in [0.717, 1.165) is 30.6 Å². The summed E-state index contributed by atoms with van der Waals surface area (Å²) < 4.78 is 10.9. The van der Waals surface area contributed by atoms with Crippen LogP contribution in [0.4, 0.5) is 0 Å². The molecule has 0 amide bonds. The molecule has 22 heavy (non-hydrogen) atoms. The van der Waals surface area contributed by atoms with Crippen LogP contribution in [0.15, 0.2) is 24.3 Å². The highest BCUT2D eigenvalue weighted by Crippen LogP contribution is 2.40. The molecule has 1 aromatic carbocycles. The molecule has 1 rings (SSSR count). The van der Waals surface area contributed by atoms with Gasteiger partial charge in [0.2, 0.25) is 0 Å². The summed E-state index contributed by atoms with van der Waals surface area (Å²) in [4.78, 5) is 12.5. The van der Waals surface area contributed by atoms with Crippen LogP contribution < -0.4 is 4.74 Å². The van der Waals surface area contributed by atoms with Gasteiger partial charge in [-0.15, -0.1) is 0 Å². The normalized spacial score (nSPS) is 13.7. The summed E-state index contributed by atoms with van der Waals surface area (Å²) >= 11 is 0. The van der Waals surface area contributed by atoms with Crippen LogP contribution in [0.5, 0.6) is 5.75 Å². The Balaban J connectivity index is 3.19. The van der Waals surface area contributed by atoms with E-state index in [9.17, 15) is 4.79 Å². The van der Waals surface area contributed by atoms with Gasteiger partial charge < -0.3 is 9.47 Å². The Labute approximate surface area is 135 Å². The van der Waals surface area contributed by atoms with Crippen LogP contribution in [0.2, 0.25) is 0 Å². The second-order valence-corrected chi connectivity index (χ2v) is 6.01. The van der Waals surface area contributed by atoms with E-state index in [1.807, 2.05) is 25.1 Å². The average Bonchev–Trinajstić information content (AvgIpc) is 2.51. The van der Waals surface area contributed by atoms with Gasteiger partial charge in [0.05, 0.1) is 19.6 Å². The molecule has 1 aromatic rings. The third-order valence-electron chi connectivity index (χ3n) is 4.11. The molecule has 0 aliphatic carbocycles. The zero-order chi connectivity index (χ0) is 16.5. The second-order valence-electron chi connectivity index (χ2n) is 6.01. The number of unbranched alkanes of at least 4 members (excludes halogenated alkanes) is 1. The number of benzene rings is 1. The number of esters is 1. The molecule has 2 unspecified atom stereocenters. The third kappa shape index (κ3) is 4.75. The van der Waals surface area contributed by atoms with Gasteiger partial charge in [-0.05, 0) is 30.9 Å². The van der Waals surface area contributed by atoms with Crippen molar-refractivity contribution in [1.82, 2.24) is 0 Å². The minimum atomic E-state index is -0.115. The van der Waals surface area contributed by atoms with Crippen molar-refractivity contribution < 1.29 is 14.3 Å². The van der Waals surface area contributed by atoms with Crippen molar-refractivity contribution in [3.63, 3.8) is 0 Å². The maximum Gasteiger partial charge on any atom is 0.309 e. The van der Waals surface area contributed by atoms with E-state index in [2.05, 4.69) is 26.8 Å². The van der Waals surface area contributed by atoms with E-state index in [4.69, 9.17) is 9.47 Å². The van der Waals surface area contributed by atoms with Crippen molar-refractivity contribution in [1.29, 1.82) is 0 Å². The van der Waals surface area contributed by atoms with E-state index < -0.39 is 0 Å². The lowest BCUT2D eigenvalue weighted by atomic mass is 9.76. The molecular weight excluding hydrogens is 276 g/mol. The summed E-state index contributed by atoms with van der Waals surface area (Å²) in [5, 5.41) is 0. The molecule has 2 atom stereocenters. The Hall–Kier alpha value is -1.51. The van der Waals surface area contributed by atoms with E-state index in [1.54, 1.807) is 7.11 Å². The zero-order valence-corrected chi connectivity index (χ0v) is 14.6. The van der Waals surface area contributed by atoms with Crippen LogP contribution in [-0.2, 0) is 9.53 Å². The standard InChI is InChI=1S/C19H30O3/c1-6-8-11-16(19(20)22-7-2)18(14(3)4)15-12-9-10-13-17(15)21-5/h9-10,12-14,16,18H,6-8,11H2,1-5H3. The number of hydrogen-bond donors (Lipinski definition) is 0. The van der Waals surface area contributed by atoms with E-state index in [0.29, 0.717) is 12.5 Å². The first kappa shape index (κ1) is 18.5. The van der Waals surface area contributed by atoms with Crippen LogP contribution >= 0.6 is 0 Å². The SMILES string of the molecule is CCCCC(C(=O)OCC)C(c1ccccc1OC)C(C)C. The Morgan fingerprint density at radius 1 is 1.18 bits per heavy atom. The third-order valence-corrected chi connectivity index (χ3v) is 4.11. The fraction of sp³-hybridized carbons (Fsp3) is 0.632. The van der Waals surface area contributed by atoms with Gasteiger partial charge in [-0.1, -0.05) is 51.8 Å². The smallest absolute Gasteiger partial charge is 0.309 e. The van der Waals surface area contributed by atoms with Gasteiger partial charge in [0, 0.05) is 5.92 Å². The Morgan fingerprint density at radius 2 is 1.86 bits per heavy atom. The summed E-state index contributed by atoms with van der Waals surface area (Å²) in [6.07, 6.45) is 2.96. The molecule has 0 radical (unpaired) electrons. The van der Waals surface area contributed by atoms with Crippen molar-refractivity contribution in [3.8, 4) is 5.75 Å². The first-order valence-electron chi connectivity index (χ1n) is 8.36. The largest absolute Gasteiger partial charge is 0.496 e. The van der Waals surface area contributed by atoms with Crippen molar-refractivity contribution >= 4 is 5.97 Å². The van der Waals surface area contributed by atoms with Gasteiger partial charge in [-0.25, -0.2) is 0 Å². The van der Waals surface area contributed by atoms with Gasteiger partial charge in [0.15, 0.2) is 0 Å². The van der Waals surface area contributed by atoms with Crippen molar-refractivity contribution in [2.75, 3.05) is 13.7 Å². The van der Waals surface area contributed by atoms with Crippen LogP contribution in [-0.4, -0.2) is 19.7 Å². The Morgan fingerprint density at radius 3 is 2.41 bits per heavy atom. The van der Waals surface area contributed by atoms with Gasteiger partial charge in [0.1, 0.15) is 5.75 Å². The van der Waals surface area contributed by atoms with Crippen LogP contribution in [0, 0.1) is 11.8 Å². The van der Waals surface area contributed by atoms with Crippen LogP contribution in [0.25, 0.3) is 0 Å². The minimum Gasteiger partial charge on any atom is -0.496 e. The number of ether oxygens (including phenoxy) is 2. The van der Waals surface area contributed by atoms with E-state index in [1.165, 1.54) is 0 Å². The quantitative estimate of drug-likeness (QED) is 0.614. The lowest BCUT2D eigenvalue weighted by Gasteiger charge is -2.30. The average molecular weight is 306 g/mol. The molecule has 3 heteroatoms. The Kier molecular flexibility index (Phi) is 8.00. The Bertz CT molecular complexity index is 454. The fourth-order valence-corrected chi connectivity index (χ4v) is 3.10. The molecule has 0 aliphatic rings. The molecule has 0 bridgehead atoms. The van der Waals surface area contributed by atoms with Gasteiger partial charge in [-0.3, -0.25) is 4.79 Å². The number of hydrogen-bond acceptors (Lipinski definition) is 3. The monoisotopic (exact) mass is 306 g/mol. The molecule has 0 saturated carbocycles. The first-order chi connectivity index (χ1) is 10.6. The maximum absolute atomic E-state index is 12.5. The topological polar surface area (TPSA) is 35.5 Å². The highest BCUT2D eigenvalue weighted by molar-refractivity contribution is 5.74. The molecule has 0 spiro atoms. The molecule has 0 N–H and O–H groups in total.